The number of nitrogens with one attached hydrogen (secondary N) is 1. The fourth-order valence-corrected chi connectivity index (χ4v) is 2.02. The summed E-state index contributed by atoms with van der Waals surface area (Å²) in [5, 5.41) is 2.81. The summed E-state index contributed by atoms with van der Waals surface area (Å²) in [6.45, 7) is 5.90. The summed E-state index contributed by atoms with van der Waals surface area (Å²) in [6, 6.07) is 5.55. The molecular weight excluding hydrogens is 244 g/mol. The highest BCUT2D eigenvalue weighted by molar-refractivity contribution is 5.68. The number of fused-ring (bicyclic) bond motifs is 1. The van der Waals surface area contributed by atoms with Crippen molar-refractivity contribution in [3.05, 3.63) is 23.8 Å². The maximum absolute atomic E-state index is 11.7. The van der Waals surface area contributed by atoms with Gasteiger partial charge in [-0.15, -0.1) is 0 Å². The molecule has 1 heterocycles. The molecule has 0 bridgehead atoms. The van der Waals surface area contributed by atoms with Gasteiger partial charge in [0, 0.05) is 0 Å². The lowest BCUT2D eigenvalue weighted by molar-refractivity contribution is 0.0482. The lowest BCUT2D eigenvalue weighted by Gasteiger charge is -2.28. The summed E-state index contributed by atoms with van der Waals surface area (Å²) in [5.41, 5.74) is 6.98. The fourth-order valence-electron chi connectivity index (χ4n) is 2.02. The van der Waals surface area contributed by atoms with E-state index >= 15 is 0 Å². The van der Waals surface area contributed by atoms with Gasteiger partial charge in [-0.05, 0) is 38.8 Å². The van der Waals surface area contributed by atoms with Crippen molar-refractivity contribution in [2.45, 2.75) is 38.8 Å². The van der Waals surface area contributed by atoms with Gasteiger partial charge in [-0.2, -0.15) is 0 Å². The van der Waals surface area contributed by atoms with Crippen molar-refractivity contribution in [3.8, 4) is 5.75 Å². The molecule has 0 aromatic heterocycles. The minimum atomic E-state index is -0.498. The van der Waals surface area contributed by atoms with Crippen LogP contribution in [0.1, 0.15) is 26.3 Å². The predicted molar refractivity (Wildman–Crippen MR) is 73.2 cm³/mol. The second kappa shape index (κ2) is 4.99. The molecule has 0 radical (unpaired) electrons. The minimum Gasteiger partial charge on any atom is -0.489 e. The molecule has 1 aromatic rings. The fraction of sp³-hybridized carbons (Fsp3) is 0.500. The number of nitrogens with two attached hydrogens (primary N) is 1. The third-order valence-corrected chi connectivity index (χ3v) is 2.74. The van der Waals surface area contributed by atoms with Crippen LogP contribution in [0.2, 0.25) is 0 Å². The van der Waals surface area contributed by atoms with Gasteiger partial charge in [0.2, 0.25) is 0 Å². The first-order valence-electron chi connectivity index (χ1n) is 6.35. The maximum atomic E-state index is 11.7. The molecule has 1 aromatic carbocycles. The topological polar surface area (TPSA) is 73.6 Å². The minimum absolute atomic E-state index is 0.0934. The summed E-state index contributed by atoms with van der Waals surface area (Å²) in [4.78, 5) is 11.7. The van der Waals surface area contributed by atoms with Crippen LogP contribution in [0.3, 0.4) is 0 Å². The van der Waals surface area contributed by atoms with Gasteiger partial charge in [0.25, 0.3) is 0 Å². The van der Waals surface area contributed by atoms with Gasteiger partial charge in [0.15, 0.2) is 0 Å². The zero-order chi connectivity index (χ0) is 14.0. The van der Waals surface area contributed by atoms with Crippen molar-refractivity contribution in [2.24, 2.45) is 0 Å². The maximum Gasteiger partial charge on any atom is 0.408 e. The Bertz CT molecular complexity index is 480. The normalized spacial score (nSPS) is 18.2. The molecule has 2 rings (SSSR count). The molecule has 104 valence electrons. The zero-order valence-electron chi connectivity index (χ0n) is 11.5. The van der Waals surface area contributed by atoms with Gasteiger partial charge in [0.1, 0.15) is 18.0 Å². The van der Waals surface area contributed by atoms with E-state index in [2.05, 4.69) is 5.32 Å². The number of carbonyl (C=O) groups excluding carboxylic acids is 1. The second-order valence-corrected chi connectivity index (χ2v) is 5.69. The molecule has 0 saturated heterocycles. The monoisotopic (exact) mass is 264 g/mol. The van der Waals surface area contributed by atoms with Crippen LogP contribution in [0, 0.1) is 0 Å². The molecule has 3 N–H and O–H groups in total. The lowest BCUT2D eigenvalue weighted by atomic mass is 10.0. The Hall–Kier alpha value is -1.91. The molecule has 0 aliphatic carbocycles. The number of hydrogen-bond donors (Lipinski definition) is 2. The lowest BCUT2D eigenvalue weighted by Crippen LogP contribution is -2.45. The molecule has 1 amide bonds. The Morgan fingerprint density at radius 1 is 1.47 bits per heavy atom. The van der Waals surface area contributed by atoms with E-state index in [1.54, 1.807) is 6.07 Å². The Balaban J connectivity index is 1.97. The van der Waals surface area contributed by atoms with E-state index in [1.807, 2.05) is 32.9 Å². The Morgan fingerprint density at radius 2 is 2.21 bits per heavy atom. The van der Waals surface area contributed by atoms with Crippen LogP contribution in [-0.2, 0) is 11.2 Å². The first-order valence-corrected chi connectivity index (χ1v) is 6.35. The average Bonchev–Trinajstić information content (AvgIpc) is 2.26. The summed E-state index contributed by atoms with van der Waals surface area (Å²) >= 11 is 0. The number of para-hydroxylation sites is 1. The average molecular weight is 264 g/mol. The van der Waals surface area contributed by atoms with Crippen molar-refractivity contribution in [3.63, 3.8) is 0 Å². The van der Waals surface area contributed by atoms with E-state index < -0.39 is 11.7 Å². The van der Waals surface area contributed by atoms with Crippen molar-refractivity contribution >= 4 is 11.8 Å². The molecule has 1 aliphatic rings. The third kappa shape index (κ3) is 3.53. The molecule has 19 heavy (non-hydrogen) atoms. The van der Waals surface area contributed by atoms with E-state index in [0.29, 0.717) is 18.7 Å². The Morgan fingerprint density at radius 3 is 2.89 bits per heavy atom. The SMILES string of the molecule is CC(C)(C)OC(=O)NC1COc2c(N)cccc2C1. The van der Waals surface area contributed by atoms with Crippen LogP contribution in [0.15, 0.2) is 18.2 Å². The van der Waals surface area contributed by atoms with E-state index in [9.17, 15) is 4.79 Å². The summed E-state index contributed by atoms with van der Waals surface area (Å²) in [6.07, 6.45) is 0.271. The summed E-state index contributed by atoms with van der Waals surface area (Å²) < 4.78 is 10.8. The van der Waals surface area contributed by atoms with Gasteiger partial charge in [-0.25, -0.2) is 4.79 Å². The molecule has 0 fully saturated rings. The number of rotatable bonds is 1. The molecule has 0 spiro atoms. The van der Waals surface area contributed by atoms with E-state index in [0.717, 1.165) is 11.3 Å². The van der Waals surface area contributed by atoms with Crippen LogP contribution in [0.4, 0.5) is 10.5 Å². The molecule has 0 saturated carbocycles. The number of carbonyl (C=O) groups is 1. The number of nitrogen functional groups attached to an aromatic ring is 1. The number of hydrogen-bond acceptors (Lipinski definition) is 4. The zero-order valence-corrected chi connectivity index (χ0v) is 11.5. The molecule has 5 heteroatoms. The predicted octanol–water partition coefficient (Wildman–Crippen LogP) is 2.10. The number of benzene rings is 1. The van der Waals surface area contributed by atoms with Crippen LogP contribution in [-0.4, -0.2) is 24.3 Å². The van der Waals surface area contributed by atoms with Gasteiger partial charge >= 0.3 is 6.09 Å². The first kappa shape index (κ1) is 13.5. The second-order valence-electron chi connectivity index (χ2n) is 5.69. The van der Waals surface area contributed by atoms with Gasteiger partial charge in [-0.1, -0.05) is 12.1 Å². The van der Waals surface area contributed by atoms with Crippen molar-refractivity contribution in [1.82, 2.24) is 5.32 Å². The largest absolute Gasteiger partial charge is 0.489 e. The number of amides is 1. The summed E-state index contributed by atoms with van der Waals surface area (Å²) in [5.74, 6) is 0.727. The number of anilines is 1. The highest BCUT2D eigenvalue weighted by Gasteiger charge is 2.25. The van der Waals surface area contributed by atoms with E-state index in [1.165, 1.54) is 0 Å². The standard InChI is InChI=1S/C14H20N2O3/c1-14(2,3)19-13(17)16-10-7-9-5-4-6-11(15)12(9)18-8-10/h4-6,10H,7-8,15H2,1-3H3,(H,16,17). The smallest absolute Gasteiger partial charge is 0.408 e. The Labute approximate surface area is 113 Å². The van der Waals surface area contributed by atoms with Crippen molar-refractivity contribution < 1.29 is 14.3 Å². The molecule has 1 aliphatic heterocycles. The highest BCUT2D eigenvalue weighted by Crippen LogP contribution is 2.30. The highest BCUT2D eigenvalue weighted by atomic mass is 16.6. The Kier molecular flexibility index (Phi) is 3.55. The van der Waals surface area contributed by atoms with E-state index in [-0.39, 0.29) is 6.04 Å². The van der Waals surface area contributed by atoms with Gasteiger partial charge in [-0.3, -0.25) is 0 Å². The van der Waals surface area contributed by atoms with Gasteiger partial charge in [0.05, 0.1) is 11.7 Å². The van der Waals surface area contributed by atoms with Crippen LogP contribution in [0.25, 0.3) is 0 Å². The van der Waals surface area contributed by atoms with Crippen LogP contribution >= 0.6 is 0 Å². The number of ether oxygens (including phenoxy) is 2. The van der Waals surface area contributed by atoms with Gasteiger partial charge < -0.3 is 20.5 Å². The molecule has 5 nitrogen and oxygen atoms in total. The van der Waals surface area contributed by atoms with E-state index in [4.69, 9.17) is 15.2 Å². The molecular formula is C14H20N2O3. The van der Waals surface area contributed by atoms with Crippen molar-refractivity contribution in [2.75, 3.05) is 12.3 Å². The first-order chi connectivity index (χ1) is 8.85. The van der Waals surface area contributed by atoms with Crippen molar-refractivity contribution in [1.29, 1.82) is 0 Å². The third-order valence-electron chi connectivity index (χ3n) is 2.74. The van der Waals surface area contributed by atoms with Crippen LogP contribution in [0.5, 0.6) is 5.75 Å². The molecule has 1 atom stereocenters. The number of alkyl carbamates (subject to hydrolysis) is 1. The summed E-state index contributed by atoms with van der Waals surface area (Å²) in [7, 11) is 0. The van der Waals surface area contributed by atoms with Crippen LogP contribution < -0.4 is 15.8 Å². The molecule has 1 unspecified atom stereocenters. The quantitative estimate of drug-likeness (QED) is 0.762.